The van der Waals surface area contributed by atoms with E-state index < -0.39 is 0 Å². The van der Waals surface area contributed by atoms with Crippen LogP contribution < -0.4 is 11.3 Å². The zero-order valence-corrected chi connectivity index (χ0v) is 6.54. The Morgan fingerprint density at radius 1 is 1.27 bits per heavy atom. The number of hydrogen-bond acceptors (Lipinski definition) is 2. The number of benzene rings is 1. The van der Waals surface area contributed by atoms with Crippen LogP contribution >= 0.6 is 0 Å². The molecule has 0 aliphatic carbocycles. The summed E-state index contributed by atoms with van der Waals surface area (Å²) in [6.07, 6.45) is 0. The number of nitrogens with one attached hydrogen (secondary N) is 1. The highest BCUT2D eigenvalue weighted by Gasteiger charge is 1.98. The van der Waals surface area contributed by atoms with E-state index in [1.165, 1.54) is 5.56 Å². The number of rotatable bonds is 2. The molecule has 0 aromatic heterocycles. The molecular weight excluding hydrogens is 140 g/mol. The summed E-state index contributed by atoms with van der Waals surface area (Å²) >= 11 is 0. The van der Waals surface area contributed by atoms with E-state index in [-0.39, 0.29) is 11.5 Å². The smallest absolute Gasteiger partial charge is 0.0431 e. The second-order valence-electron chi connectivity index (χ2n) is 2.30. The van der Waals surface area contributed by atoms with Crippen LogP contribution in [0.5, 0.6) is 0 Å². The van der Waals surface area contributed by atoms with Gasteiger partial charge in [-0.1, -0.05) is 30.3 Å². The summed E-state index contributed by atoms with van der Waals surface area (Å²) in [6.45, 7) is 2.02. The van der Waals surface area contributed by atoms with E-state index in [1.807, 2.05) is 37.3 Å². The first-order chi connectivity index (χ1) is 4.84. The van der Waals surface area contributed by atoms with Crippen molar-refractivity contribution in [3.8, 4) is 0 Å². The molecule has 62 valence electrons. The predicted molar refractivity (Wildman–Crippen MR) is 45.8 cm³/mol. The second-order valence-corrected chi connectivity index (χ2v) is 2.30. The summed E-state index contributed by atoms with van der Waals surface area (Å²) in [5, 5.41) is 0. The molecule has 0 saturated heterocycles. The fraction of sp³-hybridized carbons (Fsp3) is 0.250. The molecule has 0 spiro atoms. The molecule has 3 nitrogen and oxygen atoms in total. The lowest BCUT2D eigenvalue weighted by atomic mass is 10.1. The lowest BCUT2D eigenvalue weighted by molar-refractivity contribution is 0.602. The van der Waals surface area contributed by atoms with Crippen LogP contribution in [0.15, 0.2) is 30.3 Å². The molecule has 1 unspecified atom stereocenters. The van der Waals surface area contributed by atoms with Crippen LogP contribution in [-0.4, -0.2) is 5.48 Å². The van der Waals surface area contributed by atoms with Gasteiger partial charge in [-0.05, 0) is 12.5 Å². The average molecular weight is 154 g/mol. The Kier molecular flexibility index (Phi) is 4.45. The topological polar surface area (TPSA) is 69.5 Å². The summed E-state index contributed by atoms with van der Waals surface area (Å²) in [6, 6.07) is 10.3. The van der Waals surface area contributed by atoms with E-state index >= 15 is 0 Å². The predicted octanol–water partition coefficient (Wildman–Crippen LogP) is 0.386. The van der Waals surface area contributed by atoms with E-state index in [0.29, 0.717) is 0 Å². The number of nitrogens with two attached hydrogens (primary N) is 1. The van der Waals surface area contributed by atoms with Crippen molar-refractivity contribution in [2.75, 3.05) is 0 Å². The van der Waals surface area contributed by atoms with Gasteiger partial charge in [0.05, 0.1) is 0 Å². The summed E-state index contributed by atoms with van der Waals surface area (Å²) < 4.78 is 0. The van der Waals surface area contributed by atoms with Crippen molar-refractivity contribution >= 4 is 0 Å². The monoisotopic (exact) mass is 154 g/mol. The number of hydrazine groups is 1. The van der Waals surface area contributed by atoms with Crippen molar-refractivity contribution in [3.63, 3.8) is 0 Å². The molecule has 0 radical (unpaired) electrons. The first-order valence-electron chi connectivity index (χ1n) is 3.35. The molecule has 0 aliphatic rings. The fourth-order valence-corrected chi connectivity index (χ4v) is 0.838. The molecule has 0 amide bonds. The highest BCUT2D eigenvalue weighted by Crippen LogP contribution is 2.08. The quantitative estimate of drug-likeness (QED) is 0.477. The van der Waals surface area contributed by atoms with Gasteiger partial charge in [0.15, 0.2) is 0 Å². The van der Waals surface area contributed by atoms with Gasteiger partial charge in [-0.3, -0.25) is 11.3 Å². The summed E-state index contributed by atoms with van der Waals surface area (Å²) in [7, 11) is 0. The Balaban J connectivity index is 0.000001000. The van der Waals surface area contributed by atoms with Gasteiger partial charge in [0.25, 0.3) is 0 Å². The van der Waals surface area contributed by atoms with E-state index in [0.717, 1.165) is 0 Å². The highest BCUT2D eigenvalue weighted by atomic mass is 16.0. The van der Waals surface area contributed by atoms with Gasteiger partial charge in [-0.25, -0.2) is 0 Å². The zero-order valence-electron chi connectivity index (χ0n) is 6.54. The summed E-state index contributed by atoms with van der Waals surface area (Å²) in [4.78, 5) is 0. The molecule has 0 bridgehead atoms. The van der Waals surface area contributed by atoms with Gasteiger partial charge in [-0.15, -0.1) is 0 Å². The first-order valence-corrected chi connectivity index (χ1v) is 3.35. The van der Waals surface area contributed by atoms with E-state index in [4.69, 9.17) is 5.84 Å². The van der Waals surface area contributed by atoms with Crippen molar-refractivity contribution in [1.82, 2.24) is 5.43 Å². The summed E-state index contributed by atoms with van der Waals surface area (Å²) in [5.41, 5.74) is 3.89. The Morgan fingerprint density at radius 3 is 2.27 bits per heavy atom. The molecule has 0 fully saturated rings. The van der Waals surface area contributed by atoms with Crippen molar-refractivity contribution in [1.29, 1.82) is 0 Å². The minimum Gasteiger partial charge on any atom is -0.412 e. The molecular formula is C8H14N2O. The lowest BCUT2D eigenvalue weighted by Crippen LogP contribution is -2.25. The van der Waals surface area contributed by atoms with Crippen LogP contribution in [0.1, 0.15) is 18.5 Å². The Morgan fingerprint density at radius 2 is 1.82 bits per heavy atom. The van der Waals surface area contributed by atoms with Crippen molar-refractivity contribution in [3.05, 3.63) is 35.9 Å². The van der Waals surface area contributed by atoms with Crippen molar-refractivity contribution in [2.24, 2.45) is 5.84 Å². The Labute approximate surface area is 66.5 Å². The lowest BCUT2D eigenvalue weighted by Gasteiger charge is -2.08. The zero-order chi connectivity index (χ0) is 7.40. The van der Waals surface area contributed by atoms with Gasteiger partial charge < -0.3 is 5.48 Å². The molecule has 0 saturated carbocycles. The summed E-state index contributed by atoms with van der Waals surface area (Å²) in [5.74, 6) is 5.25. The first kappa shape index (κ1) is 10.1. The van der Waals surface area contributed by atoms with E-state index in [9.17, 15) is 0 Å². The van der Waals surface area contributed by atoms with Crippen LogP contribution in [0.3, 0.4) is 0 Å². The van der Waals surface area contributed by atoms with Gasteiger partial charge in [0, 0.05) is 6.04 Å². The van der Waals surface area contributed by atoms with Gasteiger partial charge in [0.2, 0.25) is 0 Å². The maximum Gasteiger partial charge on any atom is 0.0431 e. The Bertz CT molecular complexity index is 189. The van der Waals surface area contributed by atoms with Gasteiger partial charge in [-0.2, -0.15) is 0 Å². The molecule has 1 atom stereocenters. The molecule has 1 aromatic rings. The molecule has 1 aromatic carbocycles. The van der Waals surface area contributed by atoms with E-state index in [1.54, 1.807) is 0 Å². The molecule has 0 aliphatic heterocycles. The van der Waals surface area contributed by atoms with Crippen LogP contribution in [-0.2, 0) is 0 Å². The third kappa shape index (κ3) is 2.67. The largest absolute Gasteiger partial charge is 0.412 e. The normalized spacial score (nSPS) is 11.8. The maximum atomic E-state index is 5.25. The van der Waals surface area contributed by atoms with Crippen LogP contribution in [0.25, 0.3) is 0 Å². The SMILES string of the molecule is CC(NN)c1ccccc1.O. The van der Waals surface area contributed by atoms with Crippen LogP contribution in [0, 0.1) is 0 Å². The van der Waals surface area contributed by atoms with Gasteiger partial charge in [0.1, 0.15) is 0 Å². The number of hydrogen-bond donors (Lipinski definition) is 2. The van der Waals surface area contributed by atoms with Crippen molar-refractivity contribution < 1.29 is 5.48 Å². The minimum atomic E-state index is 0. The molecule has 11 heavy (non-hydrogen) atoms. The molecule has 0 heterocycles. The van der Waals surface area contributed by atoms with Gasteiger partial charge >= 0.3 is 0 Å². The third-order valence-electron chi connectivity index (χ3n) is 1.55. The van der Waals surface area contributed by atoms with E-state index in [2.05, 4.69) is 5.43 Å². The average Bonchev–Trinajstić information content (AvgIpc) is 2.05. The standard InChI is InChI=1S/C8H12N2.H2O/c1-7(10-9)8-5-3-2-4-6-8;/h2-7,10H,9H2,1H3;1H2. The molecule has 5 N–H and O–H groups in total. The molecule has 1 rings (SSSR count). The van der Waals surface area contributed by atoms with Crippen LogP contribution in [0.2, 0.25) is 0 Å². The fourth-order valence-electron chi connectivity index (χ4n) is 0.838. The van der Waals surface area contributed by atoms with Crippen molar-refractivity contribution in [2.45, 2.75) is 13.0 Å². The highest BCUT2D eigenvalue weighted by molar-refractivity contribution is 5.17. The molecule has 3 heteroatoms. The third-order valence-corrected chi connectivity index (χ3v) is 1.55. The van der Waals surface area contributed by atoms with Crippen LogP contribution in [0.4, 0.5) is 0 Å². The maximum absolute atomic E-state index is 5.25. The Hall–Kier alpha value is -0.900. The minimum absolute atomic E-state index is 0. The second kappa shape index (κ2) is 4.85.